The van der Waals surface area contributed by atoms with Crippen LogP contribution in [0, 0.1) is 6.92 Å². The molecule has 1 N–H and O–H groups in total. The number of ether oxygens (including phenoxy) is 1. The summed E-state index contributed by atoms with van der Waals surface area (Å²) in [5, 5.41) is 4.53. The lowest BCUT2D eigenvalue weighted by Crippen LogP contribution is -2.24. The Morgan fingerprint density at radius 2 is 1.86 bits per heavy atom. The Morgan fingerprint density at radius 1 is 1.18 bits per heavy atom. The topological polar surface area (TPSA) is 77.6 Å². The molecule has 28 heavy (non-hydrogen) atoms. The highest BCUT2D eigenvalue weighted by atomic mass is 35.5. The van der Waals surface area contributed by atoms with Gasteiger partial charge in [0.15, 0.2) is 6.61 Å². The molecule has 144 valence electrons. The Balaban J connectivity index is 1.66. The molecule has 3 rings (SSSR count). The Morgan fingerprint density at radius 3 is 2.54 bits per heavy atom. The number of benzene rings is 2. The SMILES string of the molecule is Cc1c(/C=N\NC(=O)COc2ccc(Cl)cc2)n(C)n(-c2ccccc2)c1=O. The van der Waals surface area contributed by atoms with E-state index in [-0.39, 0.29) is 12.2 Å². The standard InChI is InChI=1S/C20H19ClN4O3/c1-14-18(24(2)25(20(14)27)16-6-4-3-5-7-16)12-22-23-19(26)13-28-17-10-8-15(21)9-11-17/h3-12H,13H2,1-2H3,(H,23,26)/b22-12-. The largest absolute Gasteiger partial charge is 0.484 e. The van der Waals surface area contributed by atoms with Gasteiger partial charge in [-0.3, -0.25) is 14.3 Å². The molecule has 0 unspecified atom stereocenters. The highest BCUT2D eigenvalue weighted by Crippen LogP contribution is 2.15. The highest BCUT2D eigenvalue weighted by molar-refractivity contribution is 6.30. The van der Waals surface area contributed by atoms with Gasteiger partial charge in [0.25, 0.3) is 11.5 Å². The molecular weight excluding hydrogens is 380 g/mol. The van der Waals surface area contributed by atoms with Gasteiger partial charge in [-0.25, -0.2) is 10.1 Å². The first kappa shape index (κ1) is 19.4. The number of nitrogens with one attached hydrogen (secondary N) is 1. The molecule has 0 radical (unpaired) electrons. The number of hydrazone groups is 1. The first-order valence-electron chi connectivity index (χ1n) is 8.51. The van der Waals surface area contributed by atoms with Crippen molar-refractivity contribution in [2.75, 3.05) is 6.61 Å². The fourth-order valence-electron chi connectivity index (χ4n) is 2.67. The number of amides is 1. The van der Waals surface area contributed by atoms with Crippen molar-refractivity contribution in [1.82, 2.24) is 14.8 Å². The van der Waals surface area contributed by atoms with Gasteiger partial charge in [-0.15, -0.1) is 0 Å². The molecule has 0 aliphatic carbocycles. The van der Waals surface area contributed by atoms with E-state index < -0.39 is 5.91 Å². The zero-order valence-electron chi connectivity index (χ0n) is 15.4. The van der Waals surface area contributed by atoms with Gasteiger partial charge in [0.2, 0.25) is 0 Å². The second-order valence-corrected chi connectivity index (χ2v) is 6.46. The van der Waals surface area contributed by atoms with E-state index in [2.05, 4.69) is 10.5 Å². The maximum atomic E-state index is 12.6. The number of carbonyl (C=O) groups is 1. The fraction of sp³-hybridized carbons (Fsp3) is 0.150. The van der Waals surface area contributed by atoms with Crippen LogP contribution in [0.1, 0.15) is 11.3 Å². The molecule has 1 aromatic heterocycles. The van der Waals surface area contributed by atoms with Crippen LogP contribution >= 0.6 is 11.6 Å². The molecule has 0 atom stereocenters. The van der Waals surface area contributed by atoms with Crippen molar-refractivity contribution in [1.29, 1.82) is 0 Å². The van der Waals surface area contributed by atoms with Gasteiger partial charge in [-0.05, 0) is 43.3 Å². The number of carbonyl (C=O) groups excluding carboxylic acids is 1. The third kappa shape index (κ3) is 4.32. The third-order valence-electron chi connectivity index (χ3n) is 4.11. The van der Waals surface area contributed by atoms with Crippen molar-refractivity contribution in [3.8, 4) is 11.4 Å². The average molecular weight is 399 g/mol. The molecule has 0 bridgehead atoms. The fourth-order valence-corrected chi connectivity index (χ4v) is 2.80. The highest BCUT2D eigenvalue weighted by Gasteiger charge is 2.14. The van der Waals surface area contributed by atoms with Crippen LogP contribution in [0.5, 0.6) is 5.75 Å². The van der Waals surface area contributed by atoms with Gasteiger partial charge in [-0.1, -0.05) is 29.8 Å². The van der Waals surface area contributed by atoms with E-state index in [9.17, 15) is 9.59 Å². The van der Waals surface area contributed by atoms with Gasteiger partial charge in [0.05, 0.1) is 17.6 Å². The van der Waals surface area contributed by atoms with Gasteiger partial charge in [0.1, 0.15) is 5.75 Å². The van der Waals surface area contributed by atoms with Crippen molar-refractivity contribution in [2.45, 2.75) is 6.92 Å². The molecule has 0 aliphatic heterocycles. The van der Waals surface area contributed by atoms with Crippen molar-refractivity contribution in [3.05, 3.63) is 81.2 Å². The van der Waals surface area contributed by atoms with Crippen LogP contribution in [0.2, 0.25) is 5.02 Å². The van der Waals surface area contributed by atoms with Crippen LogP contribution in [0.15, 0.2) is 64.5 Å². The van der Waals surface area contributed by atoms with Crippen molar-refractivity contribution in [3.63, 3.8) is 0 Å². The van der Waals surface area contributed by atoms with Crippen LogP contribution < -0.4 is 15.7 Å². The van der Waals surface area contributed by atoms with E-state index in [1.807, 2.05) is 30.3 Å². The molecule has 1 amide bonds. The average Bonchev–Trinajstić information content (AvgIpc) is 2.91. The molecule has 2 aromatic carbocycles. The lowest BCUT2D eigenvalue weighted by molar-refractivity contribution is -0.123. The Labute approximate surface area is 166 Å². The number of nitrogens with zero attached hydrogens (tertiary/aromatic N) is 3. The summed E-state index contributed by atoms with van der Waals surface area (Å²) in [6, 6.07) is 16.0. The van der Waals surface area contributed by atoms with Crippen LogP contribution in [0.4, 0.5) is 0 Å². The van der Waals surface area contributed by atoms with E-state index in [0.29, 0.717) is 22.0 Å². The van der Waals surface area contributed by atoms with Gasteiger partial charge >= 0.3 is 0 Å². The van der Waals surface area contributed by atoms with Gasteiger partial charge in [-0.2, -0.15) is 5.10 Å². The van der Waals surface area contributed by atoms with E-state index in [1.54, 1.807) is 47.6 Å². The molecule has 8 heteroatoms. The van der Waals surface area contributed by atoms with Crippen molar-refractivity contribution in [2.24, 2.45) is 12.1 Å². The van der Waals surface area contributed by atoms with Crippen LogP contribution in [-0.4, -0.2) is 28.1 Å². The van der Waals surface area contributed by atoms with E-state index in [0.717, 1.165) is 5.69 Å². The number of para-hydroxylation sites is 1. The first-order chi connectivity index (χ1) is 13.5. The maximum absolute atomic E-state index is 12.6. The molecule has 1 heterocycles. The van der Waals surface area contributed by atoms with E-state index >= 15 is 0 Å². The number of halogens is 1. The Hall–Kier alpha value is -3.32. The Kier molecular flexibility index (Phi) is 5.96. The zero-order valence-corrected chi connectivity index (χ0v) is 16.2. The maximum Gasteiger partial charge on any atom is 0.277 e. The lowest BCUT2D eigenvalue weighted by atomic mass is 10.3. The molecule has 0 spiro atoms. The Bertz CT molecular complexity index is 1050. The predicted octanol–water partition coefficient (Wildman–Crippen LogP) is 2.67. The first-order valence-corrected chi connectivity index (χ1v) is 8.89. The van der Waals surface area contributed by atoms with Crippen LogP contribution in [0.25, 0.3) is 5.69 Å². The molecule has 0 saturated carbocycles. The molecule has 0 saturated heterocycles. The minimum atomic E-state index is -0.420. The number of hydrogen-bond acceptors (Lipinski definition) is 4. The summed E-state index contributed by atoms with van der Waals surface area (Å²) in [4.78, 5) is 24.4. The lowest BCUT2D eigenvalue weighted by Gasteiger charge is -2.08. The molecular formula is C20H19ClN4O3. The summed E-state index contributed by atoms with van der Waals surface area (Å²) in [5.74, 6) is 0.109. The summed E-state index contributed by atoms with van der Waals surface area (Å²) < 4.78 is 8.58. The number of aromatic nitrogens is 2. The predicted molar refractivity (Wildman–Crippen MR) is 108 cm³/mol. The summed E-state index contributed by atoms with van der Waals surface area (Å²) in [6.07, 6.45) is 1.44. The second kappa shape index (κ2) is 8.58. The van der Waals surface area contributed by atoms with Crippen molar-refractivity contribution >= 4 is 23.7 Å². The summed E-state index contributed by atoms with van der Waals surface area (Å²) in [5.41, 5.74) is 4.11. The number of hydrogen-bond donors (Lipinski definition) is 1. The zero-order chi connectivity index (χ0) is 20.1. The summed E-state index contributed by atoms with van der Waals surface area (Å²) in [6.45, 7) is 1.52. The normalized spacial score (nSPS) is 11.0. The molecule has 7 nitrogen and oxygen atoms in total. The molecule has 3 aromatic rings. The summed E-state index contributed by atoms with van der Waals surface area (Å²) >= 11 is 5.80. The van der Waals surface area contributed by atoms with Crippen LogP contribution in [0.3, 0.4) is 0 Å². The third-order valence-corrected chi connectivity index (χ3v) is 4.36. The molecule has 0 aliphatic rings. The van der Waals surface area contributed by atoms with Crippen LogP contribution in [-0.2, 0) is 11.8 Å². The number of rotatable bonds is 6. The smallest absolute Gasteiger partial charge is 0.277 e. The monoisotopic (exact) mass is 398 g/mol. The van der Waals surface area contributed by atoms with Gasteiger partial charge < -0.3 is 4.74 Å². The minimum absolute atomic E-state index is 0.146. The quantitative estimate of drug-likeness (QED) is 0.512. The minimum Gasteiger partial charge on any atom is -0.484 e. The van der Waals surface area contributed by atoms with E-state index in [1.165, 1.54) is 6.21 Å². The summed E-state index contributed by atoms with van der Waals surface area (Å²) in [7, 11) is 1.76. The molecule has 0 fully saturated rings. The second-order valence-electron chi connectivity index (χ2n) is 6.02. The van der Waals surface area contributed by atoms with Crippen molar-refractivity contribution < 1.29 is 9.53 Å². The van der Waals surface area contributed by atoms with Gasteiger partial charge in [0, 0.05) is 17.6 Å². The van der Waals surface area contributed by atoms with E-state index in [4.69, 9.17) is 16.3 Å².